The van der Waals surface area contributed by atoms with Crippen LogP contribution in [0.2, 0.25) is 0 Å². The lowest BCUT2D eigenvalue weighted by Gasteiger charge is -2.44. The third kappa shape index (κ3) is 1.46. The maximum atomic E-state index is 9.87. The number of hydrogen-bond donors (Lipinski definition) is 2. The Hall–Kier alpha value is -2.06. The normalized spacial score (nSPS) is 17.5. The molecule has 0 unspecified atom stereocenters. The minimum Gasteiger partial charge on any atom is -0.374 e. The summed E-state index contributed by atoms with van der Waals surface area (Å²) in [5.41, 5.74) is 0.990. The number of aliphatic hydroxyl groups is 1. The average Bonchev–Trinajstić information content (AvgIpc) is 2.78. The van der Waals surface area contributed by atoms with E-state index in [1.165, 1.54) is 11.9 Å². The predicted molar refractivity (Wildman–Crippen MR) is 69.3 cm³/mol. The first kappa shape index (κ1) is 11.1. The van der Waals surface area contributed by atoms with Crippen molar-refractivity contribution in [3.8, 4) is 12.3 Å². The summed E-state index contributed by atoms with van der Waals surface area (Å²) < 4.78 is 0. The molecule has 0 amide bonds. The summed E-state index contributed by atoms with van der Waals surface area (Å²) in [4.78, 5) is 13.7. The monoisotopic (exact) mass is 242 g/mol. The van der Waals surface area contributed by atoms with Crippen molar-refractivity contribution in [2.24, 2.45) is 0 Å². The van der Waals surface area contributed by atoms with Crippen LogP contribution in [0.1, 0.15) is 12.5 Å². The van der Waals surface area contributed by atoms with Crippen molar-refractivity contribution >= 4 is 16.9 Å². The number of rotatable bonds is 2. The molecule has 0 aliphatic carbocycles. The second kappa shape index (κ2) is 3.72. The third-order valence-corrected chi connectivity index (χ3v) is 3.39. The SMILES string of the molecule is C#CC1(O)CN(c2ncnc3[nH]cc(CC)c23)C1. The van der Waals surface area contributed by atoms with Crippen LogP contribution in [0.5, 0.6) is 0 Å². The zero-order valence-corrected chi connectivity index (χ0v) is 10.1. The van der Waals surface area contributed by atoms with Gasteiger partial charge in [0.1, 0.15) is 17.8 Å². The molecule has 0 aromatic carbocycles. The molecule has 18 heavy (non-hydrogen) atoms. The number of aromatic amines is 1. The van der Waals surface area contributed by atoms with E-state index < -0.39 is 5.60 Å². The Labute approximate surface area is 105 Å². The fraction of sp³-hybridized carbons (Fsp3) is 0.385. The zero-order valence-electron chi connectivity index (χ0n) is 10.1. The van der Waals surface area contributed by atoms with Gasteiger partial charge in [-0.15, -0.1) is 6.42 Å². The van der Waals surface area contributed by atoms with E-state index in [1.54, 1.807) is 0 Å². The van der Waals surface area contributed by atoms with Gasteiger partial charge < -0.3 is 15.0 Å². The lowest BCUT2D eigenvalue weighted by molar-refractivity contribution is 0.0704. The van der Waals surface area contributed by atoms with E-state index in [9.17, 15) is 5.11 Å². The molecule has 5 nitrogen and oxygen atoms in total. The number of fused-ring (bicyclic) bond motifs is 1. The second-order valence-corrected chi connectivity index (χ2v) is 4.62. The van der Waals surface area contributed by atoms with Gasteiger partial charge in [-0.05, 0) is 12.0 Å². The van der Waals surface area contributed by atoms with Gasteiger partial charge in [0.2, 0.25) is 0 Å². The molecule has 1 aliphatic rings. The van der Waals surface area contributed by atoms with E-state index >= 15 is 0 Å². The van der Waals surface area contributed by atoms with E-state index in [0.717, 1.165) is 23.3 Å². The van der Waals surface area contributed by atoms with Crippen molar-refractivity contribution < 1.29 is 5.11 Å². The summed E-state index contributed by atoms with van der Waals surface area (Å²) in [6.45, 7) is 2.93. The van der Waals surface area contributed by atoms with Gasteiger partial charge >= 0.3 is 0 Å². The van der Waals surface area contributed by atoms with Crippen LogP contribution < -0.4 is 4.90 Å². The van der Waals surface area contributed by atoms with Crippen LogP contribution in [0.25, 0.3) is 11.0 Å². The van der Waals surface area contributed by atoms with Crippen molar-refractivity contribution in [3.05, 3.63) is 18.1 Å². The molecule has 0 saturated carbocycles. The topological polar surface area (TPSA) is 65.0 Å². The van der Waals surface area contributed by atoms with Crippen molar-refractivity contribution in [2.75, 3.05) is 18.0 Å². The largest absolute Gasteiger partial charge is 0.374 e. The second-order valence-electron chi connectivity index (χ2n) is 4.62. The number of hydrogen-bond acceptors (Lipinski definition) is 4. The summed E-state index contributed by atoms with van der Waals surface area (Å²) in [7, 11) is 0. The lowest BCUT2D eigenvalue weighted by atomic mass is 9.95. The minimum absolute atomic E-state index is 0.421. The van der Waals surface area contributed by atoms with E-state index in [-0.39, 0.29) is 0 Å². The molecule has 2 aromatic heterocycles. The maximum absolute atomic E-state index is 9.87. The van der Waals surface area contributed by atoms with E-state index in [4.69, 9.17) is 6.42 Å². The van der Waals surface area contributed by atoms with Crippen LogP contribution >= 0.6 is 0 Å². The van der Waals surface area contributed by atoms with Crippen molar-refractivity contribution in [1.29, 1.82) is 0 Å². The molecule has 0 spiro atoms. The lowest BCUT2D eigenvalue weighted by Crippen LogP contribution is -2.61. The number of nitrogens with one attached hydrogen (secondary N) is 1. The molecule has 3 rings (SSSR count). The summed E-state index contributed by atoms with van der Waals surface area (Å²) in [5, 5.41) is 10.9. The number of β-amino-alcohol motifs (C(OH)–C–C–N with tert-alkyl or cyclic N) is 1. The smallest absolute Gasteiger partial charge is 0.159 e. The van der Waals surface area contributed by atoms with Crippen LogP contribution in [0.4, 0.5) is 5.82 Å². The molecule has 0 radical (unpaired) electrons. The number of H-pyrrole nitrogens is 1. The van der Waals surface area contributed by atoms with Gasteiger partial charge in [0, 0.05) is 6.20 Å². The molecule has 3 heterocycles. The third-order valence-electron chi connectivity index (χ3n) is 3.39. The Bertz CT molecular complexity index is 634. The molecule has 1 fully saturated rings. The van der Waals surface area contributed by atoms with Gasteiger partial charge in [0.05, 0.1) is 18.5 Å². The van der Waals surface area contributed by atoms with Crippen molar-refractivity contribution in [1.82, 2.24) is 15.0 Å². The number of aryl methyl sites for hydroxylation is 1. The average molecular weight is 242 g/mol. The molecule has 0 atom stereocenters. The minimum atomic E-state index is -1.01. The van der Waals surface area contributed by atoms with Gasteiger partial charge in [-0.25, -0.2) is 9.97 Å². The molecule has 5 heteroatoms. The van der Waals surface area contributed by atoms with Gasteiger partial charge in [-0.2, -0.15) is 0 Å². The zero-order chi connectivity index (χ0) is 12.8. The van der Waals surface area contributed by atoms with E-state index in [2.05, 4.69) is 27.8 Å². The summed E-state index contributed by atoms with van der Waals surface area (Å²) >= 11 is 0. The van der Waals surface area contributed by atoms with Gasteiger partial charge in [0.25, 0.3) is 0 Å². The highest BCUT2D eigenvalue weighted by molar-refractivity contribution is 5.91. The quantitative estimate of drug-likeness (QED) is 0.761. The molecular formula is C13H14N4O. The Kier molecular flexibility index (Phi) is 2.28. The number of anilines is 1. The summed E-state index contributed by atoms with van der Waals surface area (Å²) in [5.74, 6) is 3.26. The molecule has 2 aromatic rings. The molecule has 1 saturated heterocycles. The highest BCUT2D eigenvalue weighted by atomic mass is 16.3. The maximum Gasteiger partial charge on any atom is 0.159 e. The first-order valence-corrected chi connectivity index (χ1v) is 5.93. The number of terminal acetylenes is 1. The molecule has 0 bridgehead atoms. The number of aromatic nitrogens is 3. The standard InChI is InChI=1S/C13H14N4O/c1-3-9-5-14-11-10(9)12(16-8-15-11)17-6-13(18,4-2)7-17/h2,5,8,18H,3,6-7H2,1H3,(H,14,15,16). The Balaban J connectivity index is 2.03. The number of nitrogens with zero attached hydrogens (tertiary/aromatic N) is 3. The Morgan fingerprint density at radius 1 is 1.56 bits per heavy atom. The van der Waals surface area contributed by atoms with Gasteiger partial charge in [0.15, 0.2) is 5.60 Å². The van der Waals surface area contributed by atoms with Crippen LogP contribution in [-0.2, 0) is 6.42 Å². The van der Waals surface area contributed by atoms with Crippen LogP contribution in [-0.4, -0.2) is 38.7 Å². The molecule has 1 aliphatic heterocycles. The highest BCUT2D eigenvalue weighted by Crippen LogP contribution is 2.32. The van der Waals surface area contributed by atoms with E-state index in [1.807, 2.05) is 11.1 Å². The first-order valence-electron chi connectivity index (χ1n) is 5.93. The van der Waals surface area contributed by atoms with Crippen LogP contribution in [0.3, 0.4) is 0 Å². The Morgan fingerprint density at radius 2 is 2.33 bits per heavy atom. The van der Waals surface area contributed by atoms with Gasteiger partial charge in [-0.3, -0.25) is 0 Å². The molecular weight excluding hydrogens is 228 g/mol. The highest BCUT2D eigenvalue weighted by Gasteiger charge is 2.41. The fourth-order valence-corrected chi connectivity index (χ4v) is 2.35. The van der Waals surface area contributed by atoms with Crippen molar-refractivity contribution in [3.63, 3.8) is 0 Å². The van der Waals surface area contributed by atoms with Crippen LogP contribution in [0.15, 0.2) is 12.5 Å². The fourth-order valence-electron chi connectivity index (χ4n) is 2.35. The summed E-state index contributed by atoms with van der Waals surface area (Å²) in [6.07, 6.45) is 9.68. The summed E-state index contributed by atoms with van der Waals surface area (Å²) in [6, 6.07) is 0. The van der Waals surface area contributed by atoms with Crippen molar-refractivity contribution in [2.45, 2.75) is 18.9 Å². The van der Waals surface area contributed by atoms with Crippen LogP contribution in [0, 0.1) is 12.3 Å². The Morgan fingerprint density at radius 3 is 3.00 bits per heavy atom. The molecule has 92 valence electrons. The predicted octanol–water partition coefficient (Wildman–Crippen LogP) is 0.705. The van der Waals surface area contributed by atoms with E-state index in [0.29, 0.717) is 13.1 Å². The van der Waals surface area contributed by atoms with Gasteiger partial charge in [-0.1, -0.05) is 12.8 Å². The first-order chi connectivity index (χ1) is 8.67. The molecule has 2 N–H and O–H groups in total.